The van der Waals surface area contributed by atoms with Gasteiger partial charge < -0.3 is 9.84 Å². The fourth-order valence-electron chi connectivity index (χ4n) is 4.08. The van der Waals surface area contributed by atoms with Crippen LogP contribution >= 0.6 is 0 Å². The van der Waals surface area contributed by atoms with Crippen LogP contribution in [0.15, 0.2) is 48.5 Å². The Morgan fingerprint density at radius 3 is 2.58 bits per heavy atom. The number of unbranched alkanes of at least 4 members (excludes halogenated alkanes) is 1. The molecule has 2 aromatic rings. The number of benzene rings is 2. The monoisotopic (exact) mass is 355 g/mol. The summed E-state index contributed by atoms with van der Waals surface area (Å²) < 4.78 is 6.20. The minimum absolute atomic E-state index is 0.196. The Kier molecular flexibility index (Phi) is 5.84. The highest BCUT2D eigenvalue weighted by Gasteiger charge is 2.45. The lowest BCUT2D eigenvalue weighted by Gasteiger charge is -2.39. The molecule has 1 heterocycles. The SMILES string of the molecule is CCCC[C@]1(CC)COc2ccc(NO)cc2[C@@H](c2ccccc2)[C@H]1O. The third-order valence-electron chi connectivity index (χ3n) is 5.82. The van der Waals surface area contributed by atoms with Crippen LogP contribution in [0.3, 0.4) is 0 Å². The third kappa shape index (κ3) is 3.44. The van der Waals surface area contributed by atoms with Gasteiger partial charge in [0.25, 0.3) is 0 Å². The molecule has 0 spiro atoms. The zero-order valence-electron chi connectivity index (χ0n) is 15.6. The van der Waals surface area contributed by atoms with E-state index in [1.54, 1.807) is 6.07 Å². The average molecular weight is 355 g/mol. The molecule has 140 valence electrons. The van der Waals surface area contributed by atoms with Crippen molar-refractivity contribution in [2.24, 2.45) is 5.41 Å². The van der Waals surface area contributed by atoms with Gasteiger partial charge in [0.15, 0.2) is 0 Å². The summed E-state index contributed by atoms with van der Waals surface area (Å²) in [6.45, 7) is 4.82. The van der Waals surface area contributed by atoms with Crippen LogP contribution in [-0.2, 0) is 0 Å². The van der Waals surface area contributed by atoms with Crippen LogP contribution in [0.1, 0.15) is 56.6 Å². The standard InChI is InChI=1S/C22H29NO3/c1-3-5-13-22(4-2)15-26-19-12-11-17(23-25)14-18(19)20(21(22)24)16-9-7-6-8-10-16/h6-12,14,20-21,23-25H,3-5,13,15H2,1-2H3/t20-,21-,22-/m1/s1. The van der Waals surface area contributed by atoms with Crippen LogP contribution < -0.4 is 10.2 Å². The van der Waals surface area contributed by atoms with Crippen molar-refractivity contribution in [2.45, 2.75) is 51.6 Å². The van der Waals surface area contributed by atoms with Gasteiger partial charge in [-0.15, -0.1) is 0 Å². The molecule has 0 aliphatic carbocycles. The predicted octanol–water partition coefficient (Wildman–Crippen LogP) is 4.96. The van der Waals surface area contributed by atoms with Crippen molar-refractivity contribution in [1.29, 1.82) is 0 Å². The predicted molar refractivity (Wildman–Crippen MR) is 104 cm³/mol. The summed E-state index contributed by atoms with van der Waals surface area (Å²) in [7, 11) is 0. The number of anilines is 1. The first-order valence-corrected chi connectivity index (χ1v) is 9.55. The Morgan fingerprint density at radius 2 is 1.92 bits per heavy atom. The van der Waals surface area contributed by atoms with Crippen molar-refractivity contribution in [1.82, 2.24) is 0 Å². The number of aliphatic hydroxyl groups excluding tert-OH is 1. The maximum atomic E-state index is 11.6. The number of ether oxygens (including phenoxy) is 1. The normalized spacial score (nSPS) is 25.1. The average Bonchev–Trinajstić information content (AvgIpc) is 2.81. The number of fused-ring (bicyclic) bond motifs is 1. The molecule has 0 saturated carbocycles. The van der Waals surface area contributed by atoms with Crippen molar-refractivity contribution in [3.63, 3.8) is 0 Å². The topological polar surface area (TPSA) is 61.7 Å². The molecule has 4 heteroatoms. The van der Waals surface area contributed by atoms with Gasteiger partial charge in [-0.05, 0) is 36.6 Å². The van der Waals surface area contributed by atoms with Gasteiger partial charge in [0.05, 0.1) is 18.4 Å². The lowest BCUT2D eigenvalue weighted by molar-refractivity contribution is -0.0210. The summed E-state index contributed by atoms with van der Waals surface area (Å²) in [6, 6.07) is 15.6. The van der Waals surface area contributed by atoms with Crippen molar-refractivity contribution < 1.29 is 15.1 Å². The van der Waals surface area contributed by atoms with E-state index in [2.05, 4.69) is 31.5 Å². The first kappa shape index (κ1) is 18.7. The summed E-state index contributed by atoms with van der Waals surface area (Å²) in [6.07, 6.45) is 3.39. The molecule has 0 saturated heterocycles. The number of hydrogen-bond donors (Lipinski definition) is 3. The molecule has 4 nitrogen and oxygen atoms in total. The maximum Gasteiger partial charge on any atom is 0.123 e. The summed E-state index contributed by atoms with van der Waals surface area (Å²) in [5.74, 6) is 0.586. The number of nitrogens with one attached hydrogen (secondary N) is 1. The van der Waals surface area contributed by atoms with E-state index in [1.807, 2.05) is 30.3 Å². The van der Waals surface area contributed by atoms with E-state index >= 15 is 0 Å². The van der Waals surface area contributed by atoms with Crippen LogP contribution in [0.5, 0.6) is 5.75 Å². The van der Waals surface area contributed by atoms with Gasteiger partial charge in [0, 0.05) is 16.9 Å². The second-order valence-corrected chi connectivity index (χ2v) is 7.31. The Bertz CT molecular complexity index is 719. The highest BCUT2D eigenvalue weighted by Crippen LogP contribution is 2.48. The lowest BCUT2D eigenvalue weighted by Crippen LogP contribution is -2.42. The second-order valence-electron chi connectivity index (χ2n) is 7.31. The maximum absolute atomic E-state index is 11.6. The van der Waals surface area contributed by atoms with Gasteiger partial charge in [-0.1, -0.05) is 57.0 Å². The minimum atomic E-state index is -0.559. The van der Waals surface area contributed by atoms with Crippen LogP contribution in [0.4, 0.5) is 5.69 Å². The molecular formula is C22H29NO3. The molecule has 0 radical (unpaired) electrons. The fourth-order valence-corrected chi connectivity index (χ4v) is 4.08. The summed E-state index contributed by atoms with van der Waals surface area (Å²) in [4.78, 5) is 0. The molecule has 0 aromatic heterocycles. The van der Waals surface area contributed by atoms with Crippen LogP contribution in [0.2, 0.25) is 0 Å². The molecule has 0 bridgehead atoms. The number of rotatable bonds is 6. The first-order valence-electron chi connectivity index (χ1n) is 9.55. The van der Waals surface area contributed by atoms with E-state index in [9.17, 15) is 10.3 Å². The highest BCUT2D eigenvalue weighted by atomic mass is 16.5. The van der Waals surface area contributed by atoms with E-state index in [0.717, 1.165) is 42.6 Å². The van der Waals surface area contributed by atoms with E-state index in [-0.39, 0.29) is 11.3 Å². The van der Waals surface area contributed by atoms with Crippen molar-refractivity contribution in [3.05, 3.63) is 59.7 Å². The van der Waals surface area contributed by atoms with Crippen molar-refractivity contribution in [2.75, 3.05) is 12.1 Å². The summed E-state index contributed by atoms with van der Waals surface area (Å²) >= 11 is 0. The van der Waals surface area contributed by atoms with Crippen molar-refractivity contribution in [3.8, 4) is 5.75 Å². The largest absolute Gasteiger partial charge is 0.493 e. The van der Waals surface area contributed by atoms with Crippen LogP contribution in [-0.4, -0.2) is 23.0 Å². The molecule has 1 aliphatic heterocycles. The summed E-state index contributed by atoms with van der Waals surface area (Å²) in [5, 5.41) is 20.9. The zero-order valence-corrected chi connectivity index (χ0v) is 15.6. The summed E-state index contributed by atoms with van der Waals surface area (Å²) in [5.41, 5.74) is 4.50. The van der Waals surface area contributed by atoms with E-state index < -0.39 is 6.10 Å². The lowest BCUT2D eigenvalue weighted by atomic mass is 9.69. The molecule has 1 aliphatic rings. The Hall–Kier alpha value is -2.04. The molecule has 0 amide bonds. The Balaban J connectivity index is 2.13. The molecule has 3 atom stereocenters. The second kappa shape index (κ2) is 8.11. The minimum Gasteiger partial charge on any atom is -0.493 e. The quantitative estimate of drug-likeness (QED) is 0.641. The van der Waals surface area contributed by atoms with E-state index in [4.69, 9.17) is 4.74 Å². The van der Waals surface area contributed by atoms with E-state index in [1.165, 1.54) is 0 Å². The molecular weight excluding hydrogens is 326 g/mol. The highest BCUT2D eigenvalue weighted by molar-refractivity contribution is 5.54. The molecule has 2 aromatic carbocycles. The van der Waals surface area contributed by atoms with Crippen LogP contribution in [0, 0.1) is 5.41 Å². The molecule has 26 heavy (non-hydrogen) atoms. The molecule has 0 unspecified atom stereocenters. The fraction of sp³-hybridized carbons (Fsp3) is 0.455. The van der Waals surface area contributed by atoms with Gasteiger partial charge in [0.1, 0.15) is 5.75 Å². The van der Waals surface area contributed by atoms with Crippen molar-refractivity contribution >= 4 is 5.69 Å². The number of aliphatic hydroxyl groups is 1. The first-order chi connectivity index (χ1) is 12.6. The zero-order chi connectivity index (χ0) is 18.6. The molecule has 0 fully saturated rings. The van der Waals surface area contributed by atoms with Gasteiger partial charge >= 0.3 is 0 Å². The van der Waals surface area contributed by atoms with Gasteiger partial charge in [-0.25, -0.2) is 0 Å². The Labute approximate surface area is 155 Å². The van der Waals surface area contributed by atoms with Crippen LogP contribution in [0.25, 0.3) is 0 Å². The van der Waals surface area contributed by atoms with E-state index in [0.29, 0.717) is 12.3 Å². The number of hydrogen-bond acceptors (Lipinski definition) is 4. The van der Waals surface area contributed by atoms with Gasteiger partial charge in [-0.3, -0.25) is 10.7 Å². The smallest absolute Gasteiger partial charge is 0.123 e. The third-order valence-corrected chi connectivity index (χ3v) is 5.82. The molecule has 3 N–H and O–H groups in total. The molecule has 3 rings (SSSR count). The Morgan fingerprint density at radius 1 is 1.15 bits per heavy atom. The van der Waals surface area contributed by atoms with Gasteiger partial charge in [-0.2, -0.15) is 0 Å². The van der Waals surface area contributed by atoms with Gasteiger partial charge in [0.2, 0.25) is 0 Å².